The van der Waals surface area contributed by atoms with Gasteiger partial charge in [-0.25, -0.2) is 9.38 Å². The van der Waals surface area contributed by atoms with Gasteiger partial charge in [0.1, 0.15) is 17.3 Å². The average Bonchev–Trinajstić information content (AvgIpc) is 3.04. The Kier molecular flexibility index (Phi) is 9.17. The van der Waals surface area contributed by atoms with Crippen LogP contribution in [-0.4, -0.2) is 19.1 Å². The van der Waals surface area contributed by atoms with E-state index < -0.39 is 12.4 Å². The number of hydrogen-bond donors (Lipinski definition) is 2. The average molecular weight is 469 g/mol. The number of hydrogen-bond acceptors (Lipinski definition) is 3. The monoisotopic (exact) mass is 469 g/mol. The summed E-state index contributed by atoms with van der Waals surface area (Å²) in [6, 6.07) is 7.31. The Labute approximate surface area is 160 Å². The van der Waals surface area contributed by atoms with Crippen molar-refractivity contribution in [2.45, 2.75) is 26.6 Å². The molecule has 0 saturated carbocycles. The molecule has 0 aliphatic rings. The SMILES string of the molecule is CCNC(=NCc1c(F)cccc1OC(F)F)NCc1ccco1.I. The van der Waals surface area contributed by atoms with Crippen LogP contribution in [0.4, 0.5) is 13.2 Å². The molecule has 0 fully saturated rings. The predicted molar refractivity (Wildman–Crippen MR) is 98.8 cm³/mol. The number of ether oxygens (including phenoxy) is 1. The Balaban J connectivity index is 0.00000312. The van der Waals surface area contributed by atoms with Crippen LogP contribution in [0.2, 0.25) is 0 Å². The zero-order chi connectivity index (χ0) is 17.4. The maximum Gasteiger partial charge on any atom is 0.387 e. The molecule has 0 radical (unpaired) electrons. The second-order valence-electron chi connectivity index (χ2n) is 4.72. The van der Waals surface area contributed by atoms with Gasteiger partial charge in [0.05, 0.1) is 24.9 Å². The first-order valence-corrected chi connectivity index (χ1v) is 7.37. The summed E-state index contributed by atoms with van der Waals surface area (Å²) in [5, 5.41) is 5.99. The van der Waals surface area contributed by atoms with Gasteiger partial charge in [-0.1, -0.05) is 6.07 Å². The first-order valence-electron chi connectivity index (χ1n) is 7.37. The van der Waals surface area contributed by atoms with Crippen molar-refractivity contribution in [1.29, 1.82) is 0 Å². The molecule has 1 aromatic carbocycles. The molecule has 138 valence electrons. The summed E-state index contributed by atoms with van der Waals surface area (Å²) >= 11 is 0. The van der Waals surface area contributed by atoms with Crippen LogP contribution < -0.4 is 15.4 Å². The number of halogens is 4. The highest BCUT2D eigenvalue weighted by atomic mass is 127. The van der Waals surface area contributed by atoms with Gasteiger partial charge in [0, 0.05) is 6.54 Å². The Bertz CT molecular complexity index is 667. The fourth-order valence-electron chi connectivity index (χ4n) is 1.98. The molecular weight excluding hydrogens is 450 g/mol. The van der Waals surface area contributed by atoms with Crippen molar-refractivity contribution in [2.24, 2.45) is 4.99 Å². The summed E-state index contributed by atoms with van der Waals surface area (Å²) in [5.41, 5.74) is -0.0343. The summed E-state index contributed by atoms with van der Waals surface area (Å²) in [6.07, 6.45) is 1.55. The van der Waals surface area contributed by atoms with Crippen molar-refractivity contribution in [3.63, 3.8) is 0 Å². The standard InChI is InChI=1S/C16H18F3N3O2.HI/c1-2-20-16(21-9-11-5-4-8-23-11)22-10-12-13(17)6-3-7-14(12)24-15(18)19;/h3-8,15H,2,9-10H2,1H3,(H2,20,21,22);1H. The molecule has 0 aliphatic heterocycles. The van der Waals surface area contributed by atoms with Crippen LogP contribution in [0.25, 0.3) is 0 Å². The summed E-state index contributed by atoms with van der Waals surface area (Å²) < 4.78 is 48.3. The highest BCUT2D eigenvalue weighted by molar-refractivity contribution is 14.0. The second-order valence-corrected chi connectivity index (χ2v) is 4.72. The summed E-state index contributed by atoms with van der Waals surface area (Å²) in [6.45, 7) is -0.335. The van der Waals surface area contributed by atoms with E-state index in [2.05, 4.69) is 20.4 Å². The zero-order valence-electron chi connectivity index (χ0n) is 13.5. The Morgan fingerprint density at radius 2 is 2.04 bits per heavy atom. The minimum absolute atomic E-state index is 0. The van der Waals surface area contributed by atoms with E-state index in [-0.39, 0.29) is 41.8 Å². The van der Waals surface area contributed by atoms with Crippen LogP contribution in [0.3, 0.4) is 0 Å². The number of furan rings is 1. The first-order chi connectivity index (χ1) is 11.6. The third kappa shape index (κ3) is 6.85. The smallest absolute Gasteiger partial charge is 0.387 e. The number of nitrogens with zero attached hydrogens (tertiary/aromatic N) is 1. The maximum absolute atomic E-state index is 13.9. The number of aliphatic imine (C=N–C) groups is 1. The van der Waals surface area contributed by atoms with Gasteiger partial charge in [0.15, 0.2) is 5.96 Å². The third-order valence-corrected chi connectivity index (χ3v) is 3.04. The molecule has 1 aromatic heterocycles. The minimum atomic E-state index is -3.03. The number of guanidine groups is 1. The van der Waals surface area contributed by atoms with Gasteiger partial charge in [-0.3, -0.25) is 0 Å². The molecule has 5 nitrogen and oxygen atoms in total. The van der Waals surface area contributed by atoms with Gasteiger partial charge in [0.2, 0.25) is 0 Å². The highest BCUT2D eigenvalue weighted by Crippen LogP contribution is 2.24. The fourth-order valence-corrected chi connectivity index (χ4v) is 1.98. The second kappa shape index (κ2) is 10.9. The summed E-state index contributed by atoms with van der Waals surface area (Å²) in [4.78, 5) is 4.20. The first kappa shape index (κ1) is 21.1. The zero-order valence-corrected chi connectivity index (χ0v) is 15.8. The van der Waals surface area contributed by atoms with Gasteiger partial charge in [-0.2, -0.15) is 8.78 Å². The molecule has 0 atom stereocenters. The van der Waals surface area contributed by atoms with Crippen LogP contribution >= 0.6 is 24.0 Å². The van der Waals surface area contributed by atoms with Crippen molar-refractivity contribution >= 4 is 29.9 Å². The van der Waals surface area contributed by atoms with Crippen LogP contribution in [-0.2, 0) is 13.1 Å². The normalized spacial score (nSPS) is 11.2. The van der Waals surface area contributed by atoms with E-state index in [1.807, 2.05) is 6.92 Å². The van der Waals surface area contributed by atoms with Crippen molar-refractivity contribution in [3.8, 4) is 5.75 Å². The van der Waals surface area contributed by atoms with Crippen molar-refractivity contribution in [3.05, 3.63) is 53.7 Å². The molecule has 0 amide bonds. The lowest BCUT2D eigenvalue weighted by Gasteiger charge is -2.12. The fraction of sp³-hybridized carbons (Fsp3) is 0.312. The molecule has 0 aliphatic carbocycles. The predicted octanol–water partition coefficient (Wildman–Crippen LogP) is 3.89. The van der Waals surface area contributed by atoms with Crippen molar-refractivity contribution in [1.82, 2.24) is 10.6 Å². The number of benzene rings is 1. The minimum Gasteiger partial charge on any atom is -0.467 e. The quantitative estimate of drug-likeness (QED) is 0.367. The van der Waals surface area contributed by atoms with Gasteiger partial charge < -0.3 is 19.8 Å². The van der Waals surface area contributed by atoms with Crippen LogP contribution in [0.5, 0.6) is 5.75 Å². The summed E-state index contributed by atoms with van der Waals surface area (Å²) in [5.74, 6) is 0.225. The number of rotatable bonds is 7. The molecule has 1 heterocycles. The van der Waals surface area contributed by atoms with Gasteiger partial charge in [-0.15, -0.1) is 24.0 Å². The van der Waals surface area contributed by atoms with Crippen LogP contribution in [0, 0.1) is 5.82 Å². The third-order valence-electron chi connectivity index (χ3n) is 3.04. The molecule has 25 heavy (non-hydrogen) atoms. The van der Waals surface area contributed by atoms with E-state index in [4.69, 9.17) is 4.42 Å². The van der Waals surface area contributed by atoms with E-state index >= 15 is 0 Å². The van der Waals surface area contributed by atoms with Crippen LogP contribution in [0.1, 0.15) is 18.2 Å². The molecule has 0 saturated heterocycles. The molecule has 2 aromatic rings. The number of nitrogens with one attached hydrogen (secondary N) is 2. The Morgan fingerprint density at radius 3 is 2.68 bits per heavy atom. The lowest BCUT2D eigenvalue weighted by Crippen LogP contribution is -2.36. The molecule has 9 heteroatoms. The Morgan fingerprint density at radius 1 is 1.24 bits per heavy atom. The van der Waals surface area contributed by atoms with E-state index in [0.29, 0.717) is 24.8 Å². The maximum atomic E-state index is 13.9. The largest absolute Gasteiger partial charge is 0.467 e. The lowest BCUT2D eigenvalue weighted by atomic mass is 10.2. The van der Waals surface area contributed by atoms with Gasteiger partial charge in [-0.05, 0) is 31.2 Å². The van der Waals surface area contributed by atoms with E-state index in [9.17, 15) is 13.2 Å². The summed E-state index contributed by atoms with van der Waals surface area (Å²) in [7, 11) is 0. The topological polar surface area (TPSA) is 58.8 Å². The molecule has 2 rings (SSSR count). The van der Waals surface area contributed by atoms with Crippen LogP contribution in [0.15, 0.2) is 46.0 Å². The van der Waals surface area contributed by atoms with Crippen molar-refractivity contribution in [2.75, 3.05) is 6.54 Å². The molecule has 2 N–H and O–H groups in total. The Hall–Kier alpha value is -1.91. The van der Waals surface area contributed by atoms with E-state index in [1.54, 1.807) is 18.4 Å². The molecule has 0 spiro atoms. The van der Waals surface area contributed by atoms with Gasteiger partial charge >= 0.3 is 6.61 Å². The molecular formula is C16H19F3IN3O2. The lowest BCUT2D eigenvalue weighted by molar-refractivity contribution is -0.0506. The van der Waals surface area contributed by atoms with Crippen molar-refractivity contribution < 1.29 is 22.3 Å². The van der Waals surface area contributed by atoms with Gasteiger partial charge in [0.25, 0.3) is 0 Å². The van der Waals surface area contributed by atoms with E-state index in [0.717, 1.165) is 0 Å². The molecule has 0 unspecified atom stereocenters. The molecule has 0 bridgehead atoms. The number of alkyl halides is 2. The highest BCUT2D eigenvalue weighted by Gasteiger charge is 2.13. The van der Waals surface area contributed by atoms with E-state index in [1.165, 1.54) is 18.2 Å².